The molecule has 0 radical (unpaired) electrons. The molecule has 6 aromatic rings. The second-order valence-corrected chi connectivity index (χ2v) is 8.54. The molecule has 0 fully saturated rings. The largest absolute Gasteiger partial charge is 0.297 e. The van der Waals surface area contributed by atoms with E-state index in [9.17, 15) is 0 Å². The molecule has 6 rings (SSSR count). The van der Waals surface area contributed by atoms with Crippen molar-refractivity contribution in [1.29, 1.82) is 0 Å². The van der Waals surface area contributed by atoms with E-state index in [0.29, 0.717) is 0 Å². The highest BCUT2D eigenvalue weighted by atomic mass is 15.1. The van der Waals surface area contributed by atoms with Crippen molar-refractivity contribution in [1.82, 2.24) is 9.38 Å². The minimum Gasteiger partial charge on any atom is -0.247 e. The monoisotopic (exact) mass is 402 g/mol. The van der Waals surface area contributed by atoms with Gasteiger partial charge in [-0.3, -0.25) is 0 Å². The molecule has 0 spiro atoms. The van der Waals surface area contributed by atoms with Crippen molar-refractivity contribution in [2.24, 2.45) is 7.05 Å². The van der Waals surface area contributed by atoms with Crippen molar-refractivity contribution in [2.75, 3.05) is 0 Å². The maximum Gasteiger partial charge on any atom is 0.297 e. The van der Waals surface area contributed by atoms with E-state index in [4.69, 9.17) is 4.98 Å². The van der Waals surface area contributed by atoms with Crippen molar-refractivity contribution in [3.8, 4) is 11.3 Å². The van der Waals surface area contributed by atoms with Crippen molar-refractivity contribution < 1.29 is 4.57 Å². The van der Waals surface area contributed by atoms with Crippen LogP contribution in [0.1, 0.15) is 16.7 Å². The van der Waals surface area contributed by atoms with Gasteiger partial charge in [0.05, 0.1) is 23.6 Å². The molecule has 0 amide bonds. The first-order valence-corrected chi connectivity index (χ1v) is 10.7. The number of aryl methyl sites for hydroxylation is 4. The molecule has 3 aromatic heterocycles. The number of aromatic nitrogens is 3. The second-order valence-electron chi connectivity index (χ2n) is 8.54. The van der Waals surface area contributed by atoms with Crippen LogP contribution in [0.4, 0.5) is 0 Å². The van der Waals surface area contributed by atoms with Crippen LogP contribution < -0.4 is 4.57 Å². The summed E-state index contributed by atoms with van der Waals surface area (Å²) >= 11 is 0. The SMILES string of the molecule is Cc1cccc(C)c1-c1cc(C)c2c(n1)c1ccccc1n1c3ccccc3[n+](C)c21. The minimum atomic E-state index is 1.05. The molecule has 3 nitrogen and oxygen atoms in total. The summed E-state index contributed by atoms with van der Waals surface area (Å²) in [6.07, 6.45) is 0. The molecule has 0 atom stereocenters. The van der Waals surface area contributed by atoms with Gasteiger partial charge in [-0.15, -0.1) is 0 Å². The molecule has 0 saturated carbocycles. The molecule has 0 aliphatic carbocycles. The Kier molecular flexibility index (Phi) is 3.73. The average molecular weight is 403 g/mol. The van der Waals surface area contributed by atoms with Crippen molar-refractivity contribution >= 4 is 38.5 Å². The fraction of sp³-hybridized carbons (Fsp3) is 0.143. The van der Waals surface area contributed by atoms with E-state index in [1.807, 2.05) is 0 Å². The lowest BCUT2D eigenvalue weighted by molar-refractivity contribution is -0.617. The fourth-order valence-corrected chi connectivity index (χ4v) is 5.20. The van der Waals surface area contributed by atoms with E-state index in [2.05, 4.69) is 110 Å². The quantitative estimate of drug-likeness (QED) is 0.237. The summed E-state index contributed by atoms with van der Waals surface area (Å²) < 4.78 is 4.69. The van der Waals surface area contributed by atoms with Gasteiger partial charge in [0.15, 0.2) is 11.0 Å². The molecular weight excluding hydrogens is 378 g/mol. The number of hydrogen-bond acceptors (Lipinski definition) is 1. The van der Waals surface area contributed by atoms with Gasteiger partial charge < -0.3 is 0 Å². The highest BCUT2D eigenvalue weighted by molar-refractivity contribution is 6.12. The van der Waals surface area contributed by atoms with Gasteiger partial charge in [0, 0.05) is 10.9 Å². The first-order valence-electron chi connectivity index (χ1n) is 10.7. The highest BCUT2D eigenvalue weighted by Crippen LogP contribution is 2.35. The van der Waals surface area contributed by atoms with E-state index in [-0.39, 0.29) is 0 Å². The Balaban J connectivity index is 1.89. The summed E-state index contributed by atoms with van der Waals surface area (Å²) in [6, 6.07) is 26.0. The van der Waals surface area contributed by atoms with Crippen LogP contribution in [0, 0.1) is 20.8 Å². The number of benzene rings is 3. The second kappa shape index (κ2) is 6.39. The summed E-state index contributed by atoms with van der Waals surface area (Å²) in [5.74, 6) is 0. The first kappa shape index (κ1) is 18.1. The summed E-state index contributed by atoms with van der Waals surface area (Å²) in [6.45, 7) is 6.56. The maximum absolute atomic E-state index is 5.29. The molecule has 0 N–H and O–H groups in total. The number of imidazole rings is 1. The van der Waals surface area contributed by atoms with E-state index < -0.39 is 0 Å². The molecule has 3 heteroatoms. The zero-order valence-corrected chi connectivity index (χ0v) is 18.3. The molecule has 0 saturated heterocycles. The van der Waals surface area contributed by atoms with Crippen molar-refractivity contribution in [3.63, 3.8) is 0 Å². The number of pyridine rings is 2. The Morgan fingerprint density at radius 2 is 1.42 bits per heavy atom. The molecule has 3 aromatic carbocycles. The lowest BCUT2D eigenvalue weighted by atomic mass is 9.97. The van der Waals surface area contributed by atoms with Gasteiger partial charge in [0.25, 0.3) is 5.65 Å². The van der Waals surface area contributed by atoms with Crippen LogP contribution in [-0.2, 0) is 7.05 Å². The van der Waals surface area contributed by atoms with Gasteiger partial charge in [0.2, 0.25) is 0 Å². The molecular formula is C28H24N3+. The van der Waals surface area contributed by atoms with Gasteiger partial charge in [-0.25, -0.2) is 9.55 Å². The Hall–Kier alpha value is -3.72. The summed E-state index contributed by atoms with van der Waals surface area (Å²) in [5.41, 5.74) is 11.9. The predicted molar refractivity (Wildman–Crippen MR) is 129 cm³/mol. The first-order chi connectivity index (χ1) is 15.1. The molecule has 0 bridgehead atoms. The number of para-hydroxylation sites is 3. The summed E-state index contributed by atoms with van der Waals surface area (Å²) in [5, 5.41) is 2.40. The van der Waals surface area contributed by atoms with Crippen LogP contribution in [-0.4, -0.2) is 9.38 Å². The fourth-order valence-electron chi connectivity index (χ4n) is 5.20. The van der Waals surface area contributed by atoms with Crippen LogP contribution in [0.15, 0.2) is 72.8 Å². The Labute approximate surface area is 181 Å². The van der Waals surface area contributed by atoms with Crippen LogP contribution in [0.5, 0.6) is 0 Å². The Morgan fingerprint density at radius 1 is 0.742 bits per heavy atom. The van der Waals surface area contributed by atoms with Gasteiger partial charge >= 0.3 is 0 Å². The van der Waals surface area contributed by atoms with Crippen LogP contribution in [0.3, 0.4) is 0 Å². The average Bonchev–Trinajstić information content (AvgIpc) is 3.07. The van der Waals surface area contributed by atoms with E-state index in [1.165, 1.54) is 55.2 Å². The van der Waals surface area contributed by atoms with Crippen LogP contribution in [0.2, 0.25) is 0 Å². The van der Waals surface area contributed by atoms with Gasteiger partial charge in [-0.05, 0) is 67.8 Å². The number of fused-ring (bicyclic) bond motifs is 8. The Bertz CT molecular complexity index is 1650. The third-order valence-electron chi connectivity index (χ3n) is 6.59. The molecule has 0 unspecified atom stereocenters. The van der Waals surface area contributed by atoms with Crippen molar-refractivity contribution in [3.05, 3.63) is 89.5 Å². The smallest absolute Gasteiger partial charge is 0.247 e. The topological polar surface area (TPSA) is 21.2 Å². The van der Waals surface area contributed by atoms with E-state index in [1.54, 1.807) is 0 Å². The third kappa shape index (κ3) is 2.40. The lowest BCUT2D eigenvalue weighted by Gasteiger charge is -2.13. The summed E-state index contributed by atoms with van der Waals surface area (Å²) in [7, 11) is 2.16. The van der Waals surface area contributed by atoms with Gasteiger partial charge in [-0.1, -0.05) is 42.5 Å². The van der Waals surface area contributed by atoms with Crippen molar-refractivity contribution in [2.45, 2.75) is 20.8 Å². The normalized spacial score (nSPS) is 11.9. The van der Waals surface area contributed by atoms with E-state index >= 15 is 0 Å². The summed E-state index contributed by atoms with van der Waals surface area (Å²) in [4.78, 5) is 5.29. The number of nitrogens with zero attached hydrogens (tertiary/aromatic N) is 3. The molecule has 31 heavy (non-hydrogen) atoms. The highest BCUT2D eigenvalue weighted by Gasteiger charge is 2.25. The van der Waals surface area contributed by atoms with E-state index in [0.717, 1.165) is 11.2 Å². The molecule has 0 aliphatic rings. The Morgan fingerprint density at radius 3 is 2.19 bits per heavy atom. The number of hydrogen-bond donors (Lipinski definition) is 0. The molecule has 0 aliphatic heterocycles. The predicted octanol–water partition coefficient (Wildman–Crippen LogP) is 6.21. The standard InChI is InChI=1S/C28H24N3/c1-17-10-9-11-18(2)25(17)21-16-19(3)26-27(29-21)20-12-5-6-13-22(20)31-24-15-8-7-14-23(24)30(4)28(26)31/h5-16H,1-4H3/q+1. The van der Waals surface area contributed by atoms with Crippen LogP contribution in [0.25, 0.3) is 49.7 Å². The molecule has 150 valence electrons. The number of rotatable bonds is 1. The van der Waals surface area contributed by atoms with Gasteiger partial charge in [-0.2, -0.15) is 4.40 Å². The molecule has 3 heterocycles. The lowest BCUT2D eigenvalue weighted by Crippen LogP contribution is -2.27. The van der Waals surface area contributed by atoms with Crippen LogP contribution >= 0.6 is 0 Å². The third-order valence-corrected chi connectivity index (χ3v) is 6.59. The van der Waals surface area contributed by atoms with Gasteiger partial charge in [0.1, 0.15) is 5.52 Å². The maximum atomic E-state index is 5.29. The zero-order chi connectivity index (χ0) is 21.3. The zero-order valence-electron chi connectivity index (χ0n) is 18.3. The minimum absolute atomic E-state index is 1.05.